The highest BCUT2D eigenvalue weighted by Gasteiger charge is 2.24. The highest BCUT2D eigenvalue weighted by molar-refractivity contribution is 7.19. The molecule has 0 saturated heterocycles. The number of halogens is 2. The van der Waals surface area contributed by atoms with E-state index in [0.717, 1.165) is 21.6 Å². The van der Waals surface area contributed by atoms with E-state index < -0.39 is 6.04 Å². The molecule has 5 nitrogen and oxygen atoms in total. The van der Waals surface area contributed by atoms with E-state index >= 15 is 0 Å². The molecule has 2 heterocycles. The van der Waals surface area contributed by atoms with Gasteiger partial charge in [-0.2, -0.15) is 0 Å². The number of fused-ring (bicyclic) bond motifs is 1. The quantitative estimate of drug-likeness (QED) is 0.344. The minimum absolute atomic E-state index is 0.242. The van der Waals surface area contributed by atoms with Gasteiger partial charge in [-0.25, -0.2) is 4.98 Å². The second kappa shape index (κ2) is 9.06. The van der Waals surface area contributed by atoms with E-state index in [2.05, 4.69) is 10.3 Å². The minimum Gasteiger partial charge on any atom is -0.324 e. The van der Waals surface area contributed by atoms with E-state index in [1.165, 1.54) is 22.2 Å². The molecule has 0 aliphatic carbocycles. The maximum Gasteiger partial charge on any atom is 0.263 e. The number of hydrogen-bond acceptors (Lipinski definition) is 4. The van der Waals surface area contributed by atoms with Crippen molar-refractivity contribution in [2.24, 2.45) is 0 Å². The third-order valence-corrected chi connectivity index (χ3v) is 6.93. The third-order valence-electron chi connectivity index (χ3n) is 5.43. The normalized spacial score (nSPS) is 12.2. The molecule has 0 saturated carbocycles. The van der Waals surface area contributed by atoms with Gasteiger partial charge in [0.1, 0.15) is 10.9 Å². The van der Waals surface area contributed by atoms with Gasteiger partial charge in [0.05, 0.1) is 11.7 Å². The summed E-state index contributed by atoms with van der Waals surface area (Å²) in [5, 5.41) is 4.58. The molecule has 1 unspecified atom stereocenters. The molecule has 1 atom stereocenters. The molecule has 0 spiro atoms. The summed E-state index contributed by atoms with van der Waals surface area (Å²) in [5.41, 5.74) is 2.98. The van der Waals surface area contributed by atoms with Crippen molar-refractivity contribution in [3.05, 3.63) is 79.6 Å². The van der Waals surface area contributed by atoms with Crippen LogP contribution in [0.25, 0.3) is 21.3 Å². The standard InChI is InChI=1S/C24H21Cl2N3O2S/c1-4-19(22(30)28-18-11-17(26)8-5-13(18)2)29-12-27-23-21(24(29)31)20(14(3)32-23)15-6-9-16(25)10-7-15/h5-12,19H,4H2,1-3H3,(H,28,30). The molecule has 0 radical (unpaired) electrons. The van der Waals surface area contributed by atoms with Crippen LogP contribution in [0, 0.1) is 13.8 Å². The van der Waals surface area contributed by atoms with Gasteiger partial charge in [0.25, 0.3) is 5.56 Å². The first-order valence-corrected chi connectivity index (χ1v) is 11.7. The summed E-state index contributed by atoms with van der Waals surface area (Å²) in [6.45, 7) is 5.72. The minimum atomic E-state index is -0.712. The molecule has 8 heteroatoms. The average molecular weight is 486 g/mol. The van der Waals surface area contributed by atoms with Crippen LogP contribution >= 0.6 is 34.5 Å². The van der Waals surface area contributed by atoms with E-state index in [1.807, 2.05) is 39.0 Å². The zero-order chi connectivity index (χ0) is 23.0. The Morgan fingerprint density at radius 2 is 1.81 bits per heavy atom. The fourth-order valence-electron chi connectivity index (χ4n) is 3.76. The zero-order valence-corrected chi connectivity index (χ0v) is 20.1. The van der Waals surface area contributed by atoms with Crippen molar-refractivity contribution in [2.75, 3.05) is 5.32 Å². The molecule has 1 amide bonds. The van der Waals surface area contributed by atoms with E-state index in [0.29, 0.717) is 32.4 Å². The van der Waals surface area contributed by atoms with Gasteiger partial charge in [-0.05, 0) is 55.7 Å². The molecule has 2 aromatic carbocycles. The molecule has 1 N–H and O–H groups in total. The Morgan fingerprint density at radius 1 is 1.12 bits per heavy atom. The van der Waals surface area contributed by atoms with Gasteiger partial charge in [0, 0.05) is 26.2 Å². The molecule has 32 heavy (non-hydrogen) atoms. The number of rotatable bonds is 5. The number of nitrogens with zero attached hydrogens (tertiary/aromatic N) is 2. The predicted molar refractivity (Wildman–Crippen MR) is 133 cm³/mol. The van der Waals surface area contributed by atoms with Crippen LogP contribution in [-0.4, -0.2) is 15.5 Å². The Bertz CT molecular complexity index is 1380. The lowest BCUT2D eigenvalue weighted by Gasteiger charge is -2.18. The number of thiophene rings is 1. The van der Waals surface area contributed by atoms with Crippen LogP contribution in [0.5, 0.6) is 0 Å². The van der Waals surface area contributed by atoms with Crippen molar-refractivity contribution in [1.29, 1.82) is 0 Å². The van der Waals surface area contributed by atoms with Crippen molar-refractivity contribution in [1.82, 2.24) is 9.55 Å². The first-order chi connectivity index (χ1) is 15.3. The van der Waals surface area contributed by atoms with Crippen LogP contribution in [-0.2, 0) is 4.79 Å². The average Bonchev–Trinajstić information content (AvgIpc) is 3.10. The fourth-order valence-corrected chi connectivity index (χ4v) is 5.06. The number of aryl methyl sites for hydroxylation is 2. The number of carbonyl (C=O) groups is 1. The van der Waals surface area contributed by atoms with Crippen molar-refractivity contribution in [3.63, 3.8) is 0 Å². The number of anilines is 1. The van der Waals surface area contributed by atoms with Crippen molar-refractivity contribution in [2.45, 2.75) is 33.2 Å². The lowest BCUT2D eigenvalue weighted by Crippen LogP contribution is -2.33. The van der Waals surface area contributed by atoms with Crippen LogP contribution < -0.4 is 10.9 Å². The summed E-state index contributed by atoms with van der Waals surface area (Å²) in [5.74, 6) is -0.291. The predicted octanol–water partition coefficient (Wildman–Crippen LogP) is 6.64. The van der Waals surface area contributed by atoms with Crippen LogP contribution in [0.2, 0.25) is 10.0 Å². The van der Waals surface area contributed by atoms with Gasteiger partial charge in [-0.15, -0.1) is 11.3 Å². The monoisotopic (exact) mass is 485 g/mol. The number of nitrogens with one attached hydrogen (secondary N) is 1. The highest BCUT2D eigenvalue weighted by Crippen LogP contribution is 2.36. The van der Waals surface area contributed by atoms with Gasteiger partial charge in [-0.3, -0.25) is 14.2 Å². The second-order valence-corrected chi connectivity index (χ2v) is 9.63. The van der Waals surface area contributed by atoms with Crippen molar-refractivity contribution >= 4 is 56.3 Å². The van der Waals surface area contributed by atoms with E-state index in [-0.39, 0.29) is 11.5 Å². The van der Waals surface area contributed by atoms with Crippen LogP contribution in [0.3, 0.4) is 0 Å². The molecule has 0 fully saturated rings. The van der Waals surface area contributed by atoms with Gasteiger partial charge < -0.3 is 5.32 Å². The van der Waals surface area contributed by atoms with Gasteiger partial charge >= 0.3 is 0 Å². The molecule has 0 bridgehead atoms. The Morgan fingerprint density at radius 3 is 2.50 bits per heavy atom. The summed E-state index contributed by atoms with van der Waals surface area (Å²) in [6.07, 6.45) is 1.89. The summed E-state index contributed by atoms with van der Waals surface area (Å²) >= 11 is 13.6. The maximum atomic E-state index is 13.6. The molecule has 4 rings (SSSR count). The molecular formula is C24H21Cl2N3O2S. The topological polar surface area (TPSA) is 64.0 Å². The van der Waals surface area contributed by atoms with E-state index in [1.54, 1.807) is 24.3 Å². The van der Waals surface area contributed by atoms with Crippen molar-refractivity contribution in [3.8, 4) is 11.1 Å². The lowest BCUT2D eigenvalue weighted by atomic mass is 10.0. The number of hydrogen-bond donors (Lipinski definition) is 1. The summed E-state index contributed by atoms with van der Waals surface area (Å²) in [4.78, 5) is 32.9. The molecule has 2 aromatic heterocycles. The van der Waals surface area contributed by atoms with Crippen LogP contribution in [0.1, 0.15) is 29.8 Å². The first kappa shape index (κ1) is 22.5. The molecular weight excluding hydrogens is 465 g/mol. The van der Waals surface area contributed by atoms with Crippen LogP contribution in [0.4, 0.5) is 5.69 Å². The molecule has 0 aliphatic rings. The van der Waals surface area contributed by atoms with E-state index in [4.69, 9.17) is 23.2 Å². The van der Waals surface area contributed by atoms with Gasteiger partial charge in [-0.1, -0.05) is 48.3 Å². The Labute approximate surface area is 199 Å². The van der Waals surface area contributed by atoms with Gasteiger partial charge in [0.2, 0.25) is 5.91 Å². The maximum absolute atomic E-state index is 13.6. The summed E-state index contributed by atoms with van der Waals surface area (Å²) in [7, 11) is 0. The zero-order valence-electron chi connectivity index (χ0n) is 17.8. The number of amides is 1. The summed E-state index contributed by atoms with van der Waals surface area (Å²) < 4.78 is 1.42. The second-order valence-electron chi connectivity index (χ2n) is 7.55. The number of benzene rings is 2. The summed E-state index contributed by atoms with van der Waals surface area (Å²) in [6, 6.07) is 12.0. The third kappa shape index (κ3) is 4.18. The molecule has 4 aromatic rings. The van der Waals surface area contributed by atoms with E-state index in [9.17, 15) is 9.59 Å². The van der Waals surface area contributed by atoms with Gasteiger partial charge in [0.15, 0.2) is 0 Å². The van der Waals surface area contributed by atoms with Crippen molar-refractivity contribution < 1.29 is 4.79 Å². The smallest absolute Gasteiger partial charge is 0.263 e. The Hall–Kier alpha value is -2.67. The largest absolute Gasteiger partial charge is 0.324 e. The Balaban J connectivity index is 1.79. The Kier molecular flexibility index (Phi) is 6.38. The number of carbonyl (C=O) groups excluding carboxylic acids is 1. The first-order valence-electron chi connectivity index (χ1n) is 10.1. The lowest BCUT2D eigenvalue weighted by molar-refractivity contribution is -0.119. The number of aromatic nitrogens is 2. The SMILES string of the molecule is CCC(C(=O)Nc1cc(Cl)ccc1C)n1cnc2sc(C)c(-c3ccc(Cl)cc3)c2c1=O. The fraction of sp³-hybridized carbons (Fsp3) is 0.208. The molecule has 0 aliphatic heterocycles. The highest BCUT2D eigenvalue weighted by atomic mass is 35.5. The molecule has 164 valence electrons. The van der Waals surface area contributed by atoms with Crippen LogP contribution in [0.15, 0.2) is 53.6 Å².